The third-order valence-electron chi connectivity index (χ3n) is 4.76. The van der Waals surface area contributed by atoms with Gasteiger partial charge in [-0.1, -0.05) is 25.1 Å². The van der Waals surface area contributed by atoms with E-state index in [1.807, 2.05) is 37.3 Å². The Morgan fingerprint density at radius 1 is 1.15 bits per heavy atom. The van der Waals surface area contributed by atoms with E-state index in [0.29, 0.717) is 12.3 Å². The molecule has 1 aliphatic heterocycles. The molecule has 0 radical (unpaired) electrons. The quantitative estimate of drug-likeness (QED) is 0.806. The molecular formula is C20H26N2O3S. The van der Waals surface area contributed by atoms with Gasteiger partial charge < -0.3 is 9.64 Å². The minimum atomic E-state index is -3.59. The van der Waals surface area contributed by atoms with Crippen LogP contribution in [0.3, 0.4) is 0 Å². The van der Waals surface area contributed by atoms with Crippen LogP contribution in [0.2, 0.25) is 0 Å². The highest BCUT2D eigenvalue weighted by atomic mass is 32.2. The fourth-order valence-corrected chi connectivity index (χ4v) is 4.32. The van der Waals surface area contributed by atoms with Crippen LogP contribution in [-0.2, 0) is 27.6 Å². The number of rotatable bonds is 7. The van der Waals surface area contributed by atoms with Crippen LogP contribution in [0.5, 0.6) is 0 Å². The molecule has 0 bridgehead atoms. The van der Waals surface area contributed by atoms with Gasteiger partial charge in [-0.25, -0.2) is 8.42 Å². The zero-order chi connectivity index (χ0) is 18.6. The highest BCUT2D eigenvalue weighted by Crippen LogP contribution is 2.30. The van der Waals surface area contributed by atoms with Crippen LogP contribution in [0.4, 0.5) is 11.4 Å². The van der Waals surface area contributed by atoms with Crippen LogP contribution < -0.4 is 9.62 Å². The molecule has 1 aliphatic rings. The van der Waals surface area contributed by atoms with Gasteiger partial charge in [0.2, 0.25) is 0 Å². The largest absolute Gasteiger partial charge is 0.383 e. The molecule has 26 heavy (non-hydrogen) atoms. The second kappa shape index (κ2) is 8.10. The van der Waals surface area contributed by atoms with Crippen molar-refractivity contribution in [2.75, 3.05) is 36.4 Å². The van der Waals surface area contributed by atoms with Gasteiger partial charge in [-0.15, -0.1) is 0 Å². The number of hydrogen-bond acceptors (Lipinski definition) is 4. The maximum absolute atomic E-state index is 12.7. The van der Waals surface area contributed by atoms with Crippen molar-refractivity contribution < 1.29 is 13.2 Å². The normalized spacial score (nSPS) is 14.2. The Hall–Kier alpha value is -2.05. The Bertz CT molecular complexity index is 848. The number of benzene rings is 2. The van der Waals surface area contributed by atoms with Gasteiger partial charge in [0.1, 0.15) is 0 Å². The van der Waals surface area contributed by atoms with Crippen LogP contribution >= 0.6 is 0 Å². The number of hydrogen-bond donors (Lipinski definition) is 1. The third-order valence-corrected chi connectivity index (χ3v) is 6.16. The highest BCUT2D eigenvalue weighted by Gasteiger charge is 2.19. The molecule has 0 aliphatic carbocycles. The molecule has 1 heterocycles. The molecule has 0 aromatic heterocycles. The maximum atomic E-state index is 12.7. The Kier molecular flexibility index (Phi) is 5.84. The fourth-order valence-electron chi connectivity index (χ4n) is 3.27. The van der Waals surface area contributed by atoms with Crippen LogP contribution in [0.1, 0.15) is 24.5 Å². The van der Waals surface area contributed by atoms with Crippen molar-refractivity contribution in [1.82, 2.24) is 0 Å². The smallest absolute Gasteiger partial charge is 0.261 e. The van der Waals surface area contributed by atoms with Crippen LogP contribution in [0, 0.1) is 0 Å². The predicted octanol–water partition coefficient (Wildman–Crippen LogP) is 3.45. The highest BCUT2D eigenvalue weighted by molar-refractivity contribution is 7.92. The number of sulfonamides is 1. The lowest BCUT2D eigenvalue weighted by Crippen LogP contribution is -2.32. The van der Waals surface area contributed by atoms with Crippen molar-refractivity contribution >= 4 is 21.4 Å². The number of fused-ring (bicyclic) bond motifs is 1. The first-order valence-corrected chi connectivity index (χ1v) is 10.5. The summed E-state index contributed by atoms with van der Waals surface area (Å²) >= 11 is 0. The summed E-state index contributed by atoms with van der Waals surface area (Å²) < 4.78 is 33.3. The minimum Gasteiger partial charge on any atom is -0.383 e. The number of nitrogens with one attached hydrogen (secondary N) is 1. The monoisotopic (exact) mass is 374 g/mol. The summed E-state index contributed by atoms with van der Waals surface area (Å²) in [5.74, 6) is 0. The van der Waals surface area contributed by atoms with Gasteiger partial charge in [0.15, 0.2) is 0 Å². The lowest BCUT2D eigenvalue weighted by molar-refractivity contribution is 0.205. The topological polar surface area (TPSA) is 58.6 Å². The van der Waals surface area contributed by atoms with E-state index in [9.17, 15) is 8.42 Å². The number of methoxy groups -OCH3 is 1. The lowest BCUT2D eigenvalue weighted by Gasteiger charge is -2.31. The van der Waals surface area contributed by atoms with E-state index >= 15 is 0 Å². The van der Waals surface area contributed by atoms with Crippen molar-refractivity contribution in [3.8, 4) is 0 Å². The molecule has 140 valence electrons. The summed E-state index contributed by atoms with van der Waals surface area (Å²) in [6, 6.07) is 12.8. The second-order valence-corrected chi connectivity index (χ2v) is 8.21. The van der Waals surface area contributed by atoms with E-state index in [4.69, 9.17) is 4.74 Å². The summed E-state index contributed by atoms with van der Waals surface area (Å²) in [5.41, 5.74) is 4.05. The van der Waals surface area contributed by atoms with Crippen LogP contribution in [-0.4, -0.2) is 35.2 Å². The average Bonchev–Trinajstić information content (AvgIpc) is 2.66. The summed E-state index contributed by atoms with van der Waals surface area (Å²) in [6.07, 6.45) is 3.01. The van der Waals surface area contributed by atoms with Gasteiger partial charge in [0.25, 0.3) is 10.0 Å². The Balaban J connectivity index is 1.83. The summed E-state index contributed by atoms with van der Waals surface area (Å²) in [4.78, 5) is 2.54. The SMILES string of the molecule is CCc1ccc(S(=O)(=O)Nc2ccc3c(c2)N(CCOC)CCC3)cc1. The molecule has 2 aromatic carbocycles. The number of ether oxygens (including phenoxy) is 1. The summed E-state index contributed by atoms with van der Waals surface area (Å²) in [7, 11) is -1.90. The Morgan fingerprint density at radius 3 is 2.62 bits per heavy atom. The van der Waals surface area contributed by atoms with E-state index in [2.05, 4.69) is 9.62 Å². The summed E-state index contributed by atoms with van der Waals surface area (Å²) in [6.45, 7) is 4.46. The molecule has 5 nitrogen and oxygen atoms in total. The molecule has 1 N–H and O–H groups in total. The lowest BCUT2D eigenvalue weighted by atomic mass is 10.0. The van der Waals surface area contributed by atoms with E-state index < -0.39 is 10.0 Å². The molecule has 0 spiro atoms. The van der Waals surface area contributed by atoms with Gasteiger partial charge in [0.05, 0.1) is 17.2 Å². The van der Waals surface area contributed by atoms with Gasteiger partial charge in [0, 0.05) is 25.9 Å². The molecule has 0 saturated carbocycles. The maximum Gasteiger partial charge on any atom is 0.261 e. The molecule has 6 heteroatoms. The first-order valence-electron chi connectivity index (χ1n) is 9.02. The van der Waals surface area contributed by atoms with Crippen LogP contribution in [0.25, 0.3) is 0 Å². The Labute approximate surface area is 156 Å². The van der Waals surface area contributed by atoms with E-state index in [1.54, 1.807) is 19.2 Å². The minimum absolute atomic E-state index is 0.281. The molecule has 0 saturated heterocycles. The molecule has 0 atom stereocenters. The molecule has 0 fully saturated rings. The zero-order valence-electron chi connectivity index (χ0n) is 15.4. The van der Waals surface area contributed by atoms with E-state index in [1.165, 1.54) is 5.56 Å². The number of nitrogens with zero attached hydrogens (tertiary/aromatic N) is 1. The van der Waals surface area contributed by atoms with Crippen molar-refractivity contribution in [2.45, 2.75) is 31.1 Å². The van der Waals surface area contributed by atoms with Crippen molar-refractivity contribution in [3.05, 3.63) is 53.6 Å². The predicted molar refractivity (Wildman–Crippen MR) is 105 cm³/mol. The van der Waals surface area contributed by atoms with Crippen molar-refractivity contribution in [3.63, 3.8) is 0 Å². The van der Waals surface area contributed by atoms with E-state index in [0.717, 1.165) is 43.6 Å². The standard InChI is InChI=1S/C20H26N2O3S/c1-3-16-6-10-19(11-7-16)26(23,24)21-18-9-8-17-5-4-12-22(13-14-25-2)20(17)15-18/h6-11,15,21H,3-5,12-14H2,1-2H3. The summed E-state index contributed by atoms with van der Waals surface area (Å²) in [5, 5.41) is 0. The first kappa shape index (κ1) is 18.7. The zero-order valence-corrected chi connectivity index (χ0v) is 16.2. The molecular weight excluding hydrogens is 348 g/mol. The van der Waals surface area contributed by atoms with Gasteiger partial charge in [-0.3, -0.25) is 4.72 Å². The number of anilines is 2. The Morgan fingerprint density at radius 2 is 1.92 bits per heavy atom. The van der Waals surface area contributed by atoms with Gasteiger partial charge in [-0.2, -0.15) is 0 Å². The average molecular weight is 375 g/mol. The second-order valence-electron chi connectivity index (χ2n) is 6.53. The van der Waals surface area contributed by atoms with Crippen LogP contribution in [0.15, 0.2) is 47.4 Å². The first-order chi connectivity index (χ1) is 12.5. The third kappa shape index (κ3) is 4.19. The van der Waals surface area contributed by atoms with Crippen molar-refractivity contribution in [1.29, 1.82) is 0 Å². The van der Waals surface area contributed by atoms with Gasteiger partial charge >= 0.3 is 0 Å². The van der Waals surface area contributed by atoms with Gasteiger partial charge in [-0.05, 0) is 54.7 Å². The molecule has 2 aromatic rings. The molecule has 0 unspecified atom stereocenters. The van der Waals surface area contributed by atoms with E-state index in [-0.39, 0.29) is 4.90 Å². The number of aryl methyl sites for hydroxylation is 2. The molecule has 0 amide bonds. The molecule has 3 rings (SSSR count). The van der Waals surface area contributed by atoms with Crippen molar-refractivity contribution in [2.24, 2.45) is 0 Å². The fraction of sp³-hybridized carbons (Fsp3) is 0.400.